The first-order valence-electron chi connectivity index (χ1n) is 4.20. The Labute approximate surface area is 92.4 Å². The second-order valence-corrected chi connectivity index (χ2v) is 3.28. The summed E-state index contributed by atoms with van der Waals surface area (Å²) < 4.78 is 10.0. The molecule has 5 heteroatoms. The summed E-state index contributed by atoms with van der Waals surface area (Å²) in [5.41, 5.74) is 0.534. The molecule has 0 atom stereocenters. The van der Waals surface area contributed by atoms with Crippen molar-refractivity contribution in [3.8, 4) is 11.5 Å². The first-order valence-corrected chi connectivity index (χ1v) is 4.58. The van der Waals surface area contributed by atoms with Crippen molar-refractivity contribution in [2.24, 2.45) is 0 Å². The molecule has 0 fully saturated rings. The molecule has 0 unspecified atom stereocenters. The Hall–Kier alpha value is -1.42. The summed E-state index contributed by atoms with van der Waals surface area (Å²) in [6, 6.07) is 3.11. The minimum Gasteiger partial charge on any atom is -0.496 e. The predicted octanol–water partition coefficient (Wildman–Crippen LogP) is 1.98. The van der Waals surface area contributed by atoms with E-state index in [0.717, 1.165) is 0 Å². The third-order valence-electron chi connectivity index (χ3n) is 1.90. The van der Waals surface area contributed by atoms with Crippen molar-refractivity contribution < 1.29 is 19.4 Å². The first-order chi connectivity index (χ1) is 7.08. The Balaban J connectivity index is 3.16. The van der Waals surface area contributed by atoms with Gasteiger partial charge in [0.1, 0.15) is 11.5 Å². The minimum absolute atomic E-state index is 0.128. The molecule has 0 aromatic heterocycles. The summed E-state index contributed by atoms with van der Waals surface area (Å²) in [5, 5.41) is 9.08. The summed E-state index contributed by atoms with van der Waals surface area (Å²) >= 11 is 5.86. The number of carboxylic acids is 1. The van der Waals surface area contributed by atoms with Crippen LogP contribution in [0, 0.1) is 0 Å². The maximum absolute atomic E-state index is 10.6. The number of ether oxygens (including phenoxy) is 2. The van der Waals surface area contributed by atoms with Crippen molar-refractivity contribution in [2.45, 2.75) is 6.42 Å². The van der Waals surface area contributed by atoms with Crippen LogP contribution < -0.4 is 9.47 Å². The van der Waals surface area contributed by atoms with E-state index in [1.807, 2.05) is 0 Å². The second kappa shape index (κ2) is 4.89. The maximum Gasteiger partial charge on any atom is 0.307 e. The van der Waals surface area contributed by atoms with Crippen LogP contribution in [0.2, 0.25) is 5.02 Å². The average molecular weight is 231 g/mol. The molecule has 0 aliphatic carbocycles. The van der Waals surface area contributed by atoms with Crippen LogP contribution in [0.5, 0.6) is 11.5 Å². The van der Waals surface area contributed by atoms with Crippen molar-refractivity contribution in [3.05, 3.63) is 22.7 Å². The lowest BCUT2D eigenvalue weighted by Gasteiger charge is -2.10. The molecule has 0 amide bonds. The lowest BCUT2D eigenvalue weighted by atomic mass is 10.1. The number of hydrogen-bond acceptors (Lipinski definition) is 3. The van der Waals surface area contributed by atoms with Gasteiger partial charge >= 0.3 is 5.97 Å². The molecule has 0 heterocycles. The summed E-state index contributed by atoms with van der Waals surface area (Å²) in [7, 11) is 2.93. The average Bonchev–Trinajstić information content (AvgIpc) is 2.19. The lowest BCUT2D eigenvalue weighted by molar-refractivity contribution is -0.136. The monoisotopic (exact) mass is 230 g/mol. The van der Waals surface area contributed by atoms with E-state index in [0.29, 0.717) is 22.1 Å². The fourth-order valence-corrected chi connectivity index (χ4v) is 1.46. The number of halogens is 1. The van der Waals surface area contributed by atoms with E-state index < -0.39 is 5.97 Å². The quantitative estimate of drug-likeness (QED) is 0.860. The van der Waals surface area contributed by atoms with Gasteiger partial charge in [-0.15, -0.1) is 0 Å². The highest BCUT2D eigenvalue weighted by Gasteiger charge is 2.12. The lowest BCUT2D eigenvalue weighted by Crippen LogP contribution is -2.03. The molecule has 0 bridgehead atoms. The fourth-order valence-electron chi connectivity index (χ4n) is 1.22. The van der Waals surface area contributed by atoms with Crippen molar-refractivity contribution in [3.63, 3.8) is 0 Å². The van der Waals surface area contributed by atoms with Gasteiger partial charge in [-0.1, -0.05) is 11.6 Å². The molecule has 0 radical (unpaired) electrons. The van der Waals surface area contributed by atoms with Crippen LogP contribution in [0.4, 0.5) is 0 Å². The largest absolute Gasteiger partial charge is 0.496 e. The maximum atomic E-state index is 10.6. The SMILES string of the molecule is COc1cc(CC(=O)O)c(OC)cc1Cl. The number of hydrogen-bond donors (Lipinski definition) is 1. The van der Waals surface area contributed by atoms with Gasteiger partial charge in [-0.3, -0.25) is 4.79 Å². The molecule has 0 saturated carbocycles. The van der Waals surface area contributed by atoms with Crippen LogP contribution in [0.3, 0.4) is 0 Å². The molecular weight excluding hydrogens is 220 g/mol. The highest BCUT2D eigenvalue weighted by atomic mass is 35.5. The van der Waals surface area contributed by atoms with Gasteiger partial charge in [-0.2, -0.15) is 0 Å². The third-order valence-corrected chi connectivity index (χ3v) is 2.19. The number of carboxylic acid groups (broad SMARTS) is 1. The molecule has 0 aliphatic heterocycles. The zero-order chi connectivity index (χ0) is 11.4. The first kappa shape index (κ1) is 11.7. The van der Waals surface area contributed by atoms with Crippen molar-refractivity contribution >= 4 is 17.6 Å². The minimum atomic E-state index is -0.933. The molecule has 0 spiro atoms. The van der Waals surface area contributed by atoms with Gasteiger partial charge in [0.05, 0.1) is 25.7 Å². The van der Waals surface area contributed by atoms with Crippen LogP contribution >= 0.6 is 11.6 Å². The zero-order valence-electron chi connectivity index (χ0n) is 8.41. The molecule has 0 saturated heterocycles. The molecule has 1 rings (SSSR count). The van der Waals surface area contributed by atoms with E-state index in [9.17, 15) is 4.79 Å². The fraction of sp³-hybridized carbons (Fsp3) is 0.300. The van der Waals surface area contributed by atoms with Gasteiger partial charge in [0.15, 0.2) is 0 Å². The number of methoxy groups -OCH3 is 2. The normalized spacial score (nSPS) is 9.80. The highest BCUT2D eigenvalue weighted by Crippen LogP contribution is 2.32. The number of carbonyl (C=O) groups is 1. The van der Waals surface area contributed by atoms with Gasteiger partial charge in [0.2, 0.25) is 0 Å². The van der Waals surface area contributed by atoms with Crippen LogP contribution in [0.25, 0.3) is 0 Å². The molecule has 15 heavy (non-hydrogen) atoms. The van der Waals surface area contributed by atoms with Gasteiger partial charge < -0.3 is 14.6 Å². The van der Waals surface area contributed by atoms with Crippen LogP contribution in [0.1, 0.15) is 5.56 Å². The smallest absolute Gasteiger partial charge is 0.307 e. The van der Waals surface area contributed by atoms with Crippen molar-refractivity contribution in [1.82, 2.24) is 0 Å². The second-order valence-electron chi connectivity index (χ2n) is 2.87. The molecule has 1 aromatic carbocycles. The standard InChI is InChI=1S/C10H11ClO4/c1-14-8-5-7(11)9(15-2)3-6(8)4-10(12)13/h3,5H,4H2,1-2H3,(H,12,13). The zero-order valence-corrected chi connectivity index (χ0v) is 9.17. The van der Waals surface area contributed by atoms with Crippen LogP contribution in [0.15, 0.2) is 12.1 Å². The summed E-state index contributed by atoms with van der Waals surface area (Å²) in [6.07, 6.45) is -0.128. The molecule has 0 aliphatic rings. The molecule has 4 nitrogen and oxygen atoms in total. The van der Waals surface area contributed by atoms with Crippen molar-refractivity contribution in [1.29, 1.82) is 0 Å². The van der Waals surface area contributed by atoms with Gasteiger partial charge in [-0.25, -0.2) is 0 Å². The van der Waals surface area contributed by atoms with Crippen LogP contribution in [-0.2, 0) is 11.2 Å². The number of aliphatic carboxylic acids is 1. The molecule has 1 aromatic rings. The van der Waals surface area contributed by atoms with Crippen LogP contribution in [-0.4, -0.2) is 25.3 Å². The van der Waals surface area contributed by atoms with E-state index in [4.69, 9.17) is 26.2 Å². The summed E-state index contributed by atoms with van der Waals surface area (Å²) in [6.45, 7) is 0. The summed E-state index contributed by atoms with van der Waals surface area (Å²) in [5.74, 6) is -0.0467. The molecular formula is C10H11ClO4. The molecule has 82 valence electrons. The number of benzene rings is 1. The third kappa shape index (κ3) is 2.76. The van der Waals surface area contributed by atoms with E-state index in [2.05, 4.69) is 0 Å². The van der Waals surface area contributed by atoms with E-state index in [1.54, 1.807) is 12.1 Å². The van der Waals surface area contributed by atoms with Crippen molar-refractivity contribution in [2.75, 3.05) is 14.2 Å². The van der Waals surface area contributed by atoms with Gasteiger partial charge in [0, 0.05) is 11.6 Å². The Kier molecular flexibility index (Phi) is 3.80. The highest BCUT2D eigenvalue weighted by molar-refractivity contribution is 6.32. The Bertz CT molecular complexity index is 376. The van der Waals surface area contributed by atoms with Gasteiger partial charge in [-0.05, 0) is 6.07 Å². The topological polar surface area (TPSA) is 55.8 Å². The van der Waals surface area contributed by atoms with E-state index in [-0.39, 0.29) is 6.42 Å². The predicted molar refractivity (Wildman–Crippen MR) is 55.9 cm³/mol. The van der Waals surface area contributed by atoms with E-state index in [1.165, 1.54) is 14.2 Å². The Morgan fingerprint density at radius 3 is 2.40 bits per heavy atom. The summed E-state index contributed by atoms with van der Waals surface area (Å²) in [4.78, 5) is 10.6. The number of rotatable bonds is 4. The Morgan fingerprint density at radius 2 is 1.93 bits per heavy atom. The van der Waals surface area contributed by atoms with Gasteiger partial charge in [0.25, 0.3) is 0 Å². The Morgan fingerprint density at radius 1 is 1.33 bits per heavy atom. The van der Waals surface area contributed by atoms with E-state index >= 15 is 0 Å². The molecule has 1 N–H and O–H groups in total.